The van der Waals surface area contributed by atoms with E-state index in [0.717, 1.165) is 5.56 Å². The van der Waals surface area contributed by atoms with E-state index in [2.05, 4.69) is 10.3 Å². The first-order chi connectivity index (χ1) is 10.1. The average Bonchev–Trinajstić information content (AvgIpc) is 2.90. The summed E-state index contributed by atoms with van der Waals surface area (Å²) in [6, 6.07) is 4.27. The van der Waals surface area contributed by atoms with Gasteiger partial charge in [-0.05, 0) is 31.5 Å². The van der Waals surface area contributed by atoms with E-state index in [4.69, 9.17) is 21.1 Å². The van der Waals surface area contributed by atoms with Gasteiger partial charge in [-0.15, -0.1) is 5.10 Å². The third kappa shape index (κ3) is 4.23. The Morgan fingerprint density at radius 2 is 2.00 bits per heavy atom. The van der Waals surface area contributed by atoms with E-state index in [-0.39, 0.29) is 5.82 Å². The number of rotatable bonds is 7. The van der Waals surface area contributed by atoms with Crippen LogP contribution in [0.25, 0.3) is 0 Å². The molecule has 2 aromatic rings. The van der Waals surface area contributed by atoms with Crippen LogP contribution in [-0.2, 0) is 16.0 Å². The summed E-state index contributed by atoms with van der Waals surface area (Å²) in [6.07, 6.45) is 1.20. The molecule has 1 aromatic carbocycles. The van der Waals surface area contributed by atoms with Crippen molar-refractivity contribution < 1.29 is 13.9 Å². The van der Waals surface area contributed by atoms with E-state index in [9.17, 15) is 4.39 Å². The van der Waals surface area contributed by atoms with Crippen LogP contribution in [0.5, 0.6) is 0 Å². The largest absolute Gasteiger partial charge is 0.347 e. The molecule has 0 aliphatic heterocycles. The molecule has 1 heterocycles. The maximum absolute atomic E-state index is 13.0. The van der Waals surface area contributed by atoms with Gasteiger partial charge in [0.2, 0.25) is 6.29 Å². The van der Waals surface area contributed by atoms with Gasteiger partial charge in [0.1, 0.15) is 11.5 Å². The molecule has 0 fully saturated rings. The normalized spacial score (nSPS) is 11.3. The number of hydrogen-bond donors (Lipinski definition) is 0. The summed E-state index contributed by atoms with van der Waals surface area (Å²) in [5.74, 6) is -0.365. The van der Waals surface area contributed by atoms with Crippen LogP contribution in [0.1, 0.15) is 31.4 Å². The number of aromatic nitrogens is 3. The lowest BCUT2D eigenvalue weighted by Gasteiger charge is -2.13. The summed E-state index contributed by atoms with van der Waals surface area (Å²) < 4.78 is 25.5. The zero-order valence-electron chi connectivity index (χ0n) is 11.9. The smallest absolute Gasteiger partial charge is 0.204 e. The van der Waals surface area contributed by atoms with Crippen LogP contribution in [-0.4, -0.2) is 28.2 Å². The number of halogens is 2. The standard InChI is InChI=1S/C14H17ClFN3O2/c1-3-20-14(21-4-2)13-9-19(18-17-13)8-10-5-6-11(16)7-12(10)15/h5-7,9,14H,3-4,8H2,1-2H3. The average molecular weight is 314 g/mol. The lowest BCUT2D eigenvalue weighted by molar-refractivity contribution is -0.142. The van der Waals surface area contributed by atoms with Crippen molar-refractivity contribution in [2.75, 3.05) is 13.2 Å². The van der Waals surface area contributed by atoms with Crippen LogP contribution in [0.15, 0.2) is 24.4 Å². The third-order valence-corrected chi connectivity index (χ3v) is 3.13. The third-order valence-electron chi connectivity index (χ3n) is 2.78. The summed E-state index contributed by atoms with van der Waals surface area (Å²) in [7, 11) is 0. The summed E-state index contributed by atoms with van der Waals surface area (Å²) >= 11 is 6.00. The zero-order chi connectivity index (χ0) is 15.2. The van der Waals surface area contributed by atoms with Gasteiger partial charge in [0.15, 0.2) is 0 Å². The minimum atomic E-state index is -0.530. The molecule has 7 heteroatoms. The first kappa shape index (κ1) is 15.9. The highest BCUT2D eigenvalue weighted by Gasteiger charge is 2.16. The van der Waals surface area contributed by atoms with Gasteiger partial charge in [-0.1, -0.05) is 22.9 Å². The molecule has 0 atom stereocenters. The van der Waals surface area contributed by atoms with Crippen LogP contribution in [0, 0.1) is 5.82 Å². The molecule has 0 bridgehead atoms. The van der Waals surface area contributed by atoms with Crippen LogP contribution in [0.3, 0.4) is 0 Å². The molecule has 0 aliphatic rings. The number of ether oxygens (including phenoxy) is 2. The maximum Gasteiger partial charge on any atom is 0.204 e. The van der Waals surface area contributed by atoms with Gasteiger partial charge in [-0.3, -0.25) is 0 Å². The Morgan fingerprint density at radius 3 is 2.62 bits per heavy atom. The Labute approximate surface area is 127 Å². The fraction of sp³-hybridized carbons (Fsp3) is 0.429. The highest BCUT2D eigenvalue weighted by molar-refractivity contribution is 6.31. The number of hydrogen-bond acceptors (Lipinski definition) is 4. The fourth-order valence-electron chi connectivity index (χ4n) is 1.84. The second-order valence-corrected chi connectivity index (χ2v) is 4.73. The lowest BCUT2D eigenvalue weighted by atomic mass is 10.2. The Hall–Kier alpha value is -1.50. The van der Waals surface area contributed by atoms with Crippen LogP contribution in [0.2, 0.25) is 5.02 Å². The Bertz CT molecular complexity index is 585. The van der Waals surface area contributed by atoms with Crippen LogP contribution < -0.4 is 0 Å². The molecule has 0 saturated heterocycles. The highest BCUT2D eigenvalue weighted by Crippen LogP contribution is 2.20. The molecular weight excluding hydrogens is 297 g/mol. The molecule has 0 N–H and O–H groups in total. The quantitative estimate of drug-likeness (QED) is 0.737. The molecule has 5 nitrogen and oxygen atoms in total. The van der Waals surface area contributed by atoms with Gasteiger partial charge in [0.05, 0.1) is 12.7 Å². The van der Waals surface area contributed by atoms with Gasteiger partial charge < -0.3 is 9.47 Å². The molecule has 0 amide bonds. The Morgan fingerprint density at radius 1 is 1.29 bits per heavy atom. The van der Waals surface area contributed by atoms with E-state index in [1.165, 1.54) is 12.1 Å². The van der Waals surface area contributed by atoms with Crippen molar-refractivity contribution in [3.8, 4) is 0 Å². The highest BCUT2D eigenvalue weighted by atomic mass is 35.5. The van der Waals surface area contributed by atoms with E-state index < -0.39 is 6.29 Å². The summed E-state index contributed by atoms with van der Waals surface area (Å²) in [5.41, 5.74) is 1.36. The van der Waals surface area contributed by atoms with E-state index in [1.807, 2.05) is 13.8 Å². The monoisotopic (exact) mass is 313 g/mol. The summed E-state index contributed by atoms with van der Waals surface area (Å²) in [6.45, 7) is 5.20. The van der Waals surface area contributed by atoms with Crippen molar-refractivity contribution in [3.05, 3.63) is 46.5 Å². The maximum atomic E-state index is 13.0. The van der Waals surface area contributed by atoms with Gasteiger partial charge >= 0.3 is 0 Å². The number of benzene rings is 1. The minimum Gasteiger partial charge on any atom is -0.347 e. The predicted octanol–water partition coefficient (Wildman–Crippen LogP) is 3.19. The minimum absolute atomic E-state index is 0.359. The molecule has 1 aromatic heterocycles. The van der Waals surface area contributed by atoms with Gasteiger partial charge in [-0.2, -0.15) is 0 Å². The molecular formula is C14H17ClFN3O2. The van der Waals surface area contributed by atoms with E-state index in [0.29, 0.717) is 30.5 Å². The second kappa shape index (κ2) is 7.49. The van der Waals surface area contributed by atoms with Crippen LogP contribution in [0.4, 0.5) is 4.39 Å². The lowest BCUT2D eigenvalue weighted by Crippen LogP contribution is -2.09. The summed E-state index contributed by atoms with van der Waals surface area (Å²) in [5, 5.41) is 8.42. The Balaban J connectivity index is 2.11. The second-order valence-electron chi connectivity index (χ2n) is 4.32. The predicted molar refractivity (Wildman–Crippen MR) is 76.5 cm³/mol. The molecule has 114 valence electrons. The van der Waals surface area contributed by atoms with Gasteiger partial charge in [0.25, 0.3) is 0 Å². The van der Waals surface area contributed by atoms with Crippen molar-refractivity contribution >= 4 is 11.6 Å². The van der Waals surface area contributed by atoms with Gasteiger partial charge in [-0.25, -0.2) is 9.07 Å². The number of nitrogens with zero attached hydrogens (tertiary/aromatic N) is 3. The van der Waals surface area contributed by atoms with Gasteiger partial charge in [0, 0.05) is 18.2 Å². The molecule has 0 unspecified atom stereocenters. The van der Waals surface area contributed by atoms with Crippen molar-refractivity contribution in [3.63, 3.8) is 0 Å². The molecule has 0 spiro atoms. The first-order valence-electron chi connectivity index (χ1n) is 6.71. The SMILES string of the molecule is CCOC(OCC)c1cn(Cc2ccc(F)cc2Cl)nn1. The fourth-order valence-corrected chi connectivity index (χ4v) is 2.07. The molecule has 21 heavy (non-hydrogen) atoms. The molecule has 2 rings (SSSR count). The molecule has 0 aliphatic carbocycles. The van der Waals surface area contributed by atoms with E-state index >= 15 is 0 Å². The molecule has 0 radical (unpaired) electrons. The summed E-state index contributed by atoms with van der Waals surface area (Å²) in [4.78, 5) is 0. The first-order valence-corrected chi connectivity index (χ1v) is 7.09. The van der Waals surface area contributed by atoms with Crippen molar-refractivity contribution in [1.82, 2.24) is 15.0 Å². The molecule has 0 saturated carbocycles. The van der Waals surface area contributed by atoms with Crippen molar-refractivity contribution in [2.45, 2.75) is 26.7 Å². The zero-order valence-corrected chi connectivity index (χ0v) is 12.7. The van der Waals surface area contributed by atoms with Crippen molar-refractivity contribution in [1.29, 1.82) is 0 Å². The van der Waals surface area contributed by atoms with E-state index in [1.54, 1.807) is 16.9 Å². The van der Waals surface area contributed by atoms with Crippen LogP contribution >= 0.6 is 11.6 Å². The Kier molecular flexibility index (Phi) is 5.67. The topological polar surface area (TPSA) is 49.2 Å². The van der Waals surface area contributed by atoms with Crippen molar-refractivity contribution in [2.24, 2.45) is 0 Å².